The van der Waals surface area contributed by atoms with E-state index in [0.717, 1.165) is 17.1 Å². The molecule has 0 aromatic carbocycles. The van der Waals surface area contributed by atoms with Crippen LogP contribution in [0.25, 0.3) is 0 Å². The van der Waals surface area contributed by atoms with E-state index < -0.39 is 6.43 Å². The Kier molecular flexibility index (Phi) is 5.27. The summed E-state index contributed by atoms with van der Waals surface area (Å²) in [5.74, 6) is 0.309. The number of alkyl halides is 2. The summed E-state index contributed by atoms with van der Waals surface area (Å²) >= 11 is 1.48. The number of halogens is 2. The third-order valence-corrected chi connectivity index (χ3v) is 3.52. The van der Waals surface area contributed by atoms with Gasteiger partial charge in [-0.3, -0.25) is 0 Å². The van der Waals surface area contributed by atoms with Crippen LogP contribution in [0.5, 0.6) is 0 Å². The summed E-state index contributed by atoms with van der Waals surface area (Å²) in [5.41, 5.74) is 1.00. The van der Waals surface area contributed by atoms with Crippen LogP contribution in [-0.4, -0.2) is 32.0 Å². The fourth-order valence-electron chi connectivity index (χ4n) is 1.54. The van der Waals surface area contributed by atoms with E-state index in [4.69, 9.17) is 0 Å². The van der Waals surface area contributed by atoms with Crippen molar-refractivity contribution in [3.63, 3.8) is 0 Å². The summed E-state index contributed by atoms with van der Waals surface area (Å²) in [7, 11) is 3.52. The number of aromatic nitrogens is 1. The van der Waals surface area contributed by atoms with Gasteiger partial charge in [-0.25, -0.2) is 13.8 Å². The molecule has 6 heteroatoms. The zero-order valence-corrected chi connectivity index (χ0v) is 11.4. The molecule has 1 heterocycles. The highest BCUT2D eigenvalue weighted by Crippen LogP contribution is 2.30. The van der Waals surface area contributed by atoms with E-state index in [0.29, 0.717) is 11.0 Å². The number of hydrogen-bond acceptors (Lipinski definition) is 4. The van der Waals surface area contributed by atoms with Crippen LogP contribution in [0.1, 0.15) is 30.3 Å². The number of nitrogens with one attached hydrogen (secondary N) is 1. The first kappa shape index (κ1) is 14.3. The average molecular weight is 263 g/mol. The summed E-state index contributed by atoms with van der Waals surface area (Å²) in [6, 6.07) is 0. The molecule has 0 atom stereocenters. The van der Waals surface area contributed by atoms with Crippen molar-refractivity contribution in [1.29, 1.82) is 0 Å². The van der Waals surface area contributed by atoms with Gasteiger partial charge < -0.3 is 10.2 Å². The Bertz CT molecular complexity index is 352. The van der Waals surface area contributed by atoms with Crippen LogP contribution in [0.3, 0.4) is 0 Å². The molecule has 0 fully saturated rings. The lowest BCUT2D eigenvalue weighted by atomic mass is 10.1. The minimum atomic E-state index is -2.33. The van der Waals surface area contributed by atoms with E-state index in [1.807, 2.05) is 7.05 Å². The monoisotopic (exact) mass is 263 g/mol. The molecule has 0 spiro atoms. The van der Waals surface area contributed by atoms with Gasteiger partial charge in [0.05, 0.1) is 12.2 Å². The average Bonchev–Trinajstić information content (AvgIpc) is 2.61. The van der Waals surface area contributed by atoms with E-state index in [1.54, 1.807) is 7.05 Å². The lowest BCUT2D eigenvalue weighted by Gasteiger charge is -2.14. The first-order valence-electron chi connectivity index (χ1n) is 5.59. The second kappa shape index (κ2) is 6.26. The topological polar surface area (TPSA) is 28.2 Å². The minimum Gasteiger partial charge on any atom is -0.345 e. The van der Waals surface area contributed by atoms with Crippen LogP contribution < -0.4 is 10.2 Å². The molecule has 1 N–H and O–H groups in total. The van der Waals surface area contributed by atoms with Gasteiger partial charge in [-0.2, -0.15) is 0 Å². The summed E-state index contributed by atoms with van der Waals surface area (Å²) in [6.45, 7) is 4.58. The molecular formula is C11H19F2N3S. The molecule has 0 saturated carbocycles. The van der Waals surface area contributed by atoms with Crippen molar-refractivity contribution in [1.82, 2.24) is 10.3 Å². The number of rotatable bonds is 6. The molecule has 0 radical (unpaired) electrons. The molecule has 1 aromatic rings. The maximum Gasteiger partial charge on any atom is 0.255 e. The van der Waals surface area contributed by atoms with Crippen LogP contribution in [0, 0.1) is 0 Å². The van der Waals surface area contributed by atoms with Gasteiger partial charge in [0, 0.05) is 18.5 Å². The van der Waals surface area contributed by atoms with E-state index in [1.165, 1.54) is 16.2 Å². The molecule has 0 aliphatic heterocycles. The molecule has 3 nitrogen and oxygen atoms in total. The van der Waals surface area contributed by atoms with Crippen molar-refractivity contribution in [3.05, 3.63) is 10.6 Å². The Labute approximate surface area is 105 Å². The minimum absolute atomic E-state index is 0.274. The summed E-state index contributed by atoms with van der Waals surface area (Å²) in [6.07, 6.45) is -2.33. The molecule has 98 valence electrons. The first-order chi connectivity index (χ1) is 7.95. The lowest BCUT2D eigenvalue weighted by molar-refractivity contribution is 0.156. The Morgan fingerprint density at radius 3 is 2.53 bits per heavy atom. The Hall–Kier alpha value is -0.750. The second-order valence-corrected chi connectivity index (χ2v) is 5.32. The van der Waals surface area contributed by atoms with Gasteiger partial charge in [-0.15, -0.1) is 11.3 Å². The molecule has 1 aromatic heterocycles. The largest absolute Gasteiger partial charge is 0.345 e. The number of anilines is 1. The van der Waals surface area contributed by atoms with Gasteiger partial charge in [0.1, 0.15) is 0 Å². The smallest absolute Gasteiger partial charge is 0.255 e. The number of nitrogens with zero attached hydrogens (tertiary/aromatic N) is 2. The van der Waals surface area contributed by atoms with E-state index in [9.17, 15) is 8.78 Å². The predicted octanol–water partition coefficient (Wildman–Crippen LogP) is 2.69. The summed E-state index contributed by atoms with van der Waals surface area (Å²) in [5, 5.41) is 3.74. The van der Waals surface area contributed by atoms with Crippen LogP contribution in [-0.2, 0) is 6.54 Å². The first-order valence-corrected chi connectivity index (χ1v) is 6.40. The van der Waals surface area contributed by atoms with Crippen molar-refractivity contribution in [2.24, 2.45) is 0 Å². The highest BCUT2D eigenvalue weighted by atomic mass is 32.1. The number of hydrogen-bond donors (Lipinski definition) is 1. The van der Waals surface area contributed by atoms with Crippen molar-refractivity contribution < 1.29 is 8.78 Å². The van der Waals surface area contributed by atoms with Crippen molar-refractivity contribution in [2.45, 2.75) is 32.7 Å². The van der Waals surface area contributed by atoms with Crippen molar-refractivity contribution >= 4 is 16.5 Å². The maximum atomic E-state index is 12.3. The fourth-order valence-corrected chi connectivity index (χ4v) is 2.73. The van der Waals surface area contributed by atoms with Gasteiger partial charge in [0.25, 0.3) is 6.43 Å². The Morgan fingerprint density at radius 2 is 2.06 bits per heavy atom. The molecular weight excluding hydrogens is 244 g/mol. The molecule has 0 saturated heterocycles. The van der Waals surface area contributed by atoms with Crippen molar-refractivity contribution in [3.8, 4) is 0 Å². The van der Waals surface area contributed by atoms with Crippen LogP contribution in [0.4, 0.5) is 13.9 Å². The molecule has 0 aliphatic rings. The van der Waals surface area contributed by atoms with E-state index in [2.05, 4.69) is 24.1 Å². The zero-order valence-electron chi connectivity index (χ0n) is 10.6. The SMILES string of the molecule is CNCc1sc(N(C)CC(F)F)nc1C(C)C. The highest BCUT2D eigenvalue weighted by Gasteiger charge is 2.17. The standard InChI is InChI=1S/C11H19F2N3S/c1-7(2)10-8(5-14-3)17-11(15-10)16(4)6-9(12)13/h7,9,14H,5-6H2,1-4H3. The highest BCUT2D eigenvalue weighted by molar-refractivity contribution is 7.15. The predicted molar refractivity (Wildman–Crippen MR) is 68.2 cm³/mol. The van der Waals surface area contributed by atoms with Gasteiger partial charge in [0.15, 0.2) is 5.13 Å². The molecule has 0 bridgehead atoms. The van der Waals surface area contributed by atoms with Crippen LogP contribution in [0.2, 0.25) is 0 Å². The molecule has 0 amide bonds. The quantitative estimate of drug-likeness (QED) is 0.855. The van der Waals surface area contributed by atoms with Gasteiger partial charge in [0.2, 0.25) is 0 Å². The van der Waals surface area contributed by atoms with Crippen molar-refractivity contribution in [2.75, 3.05) is 25.5 Å². The lowest BCUT2D eigenvalue weighted by Crippen LogP contribution is -2.23. The molecule has 0 aliphatic carbocycles. The zero-order chi connectivity index (χ0) is 13.0. The molecule has 0 unspecified atom stereocenters. The van der Waals surface area contributed by atoms with Gasteiger partial charge in [-0.05, 0) is 13.0 Å². The van der Waals surface area contributed by atoms with Gasteiger partial charge in [-0.1, -0.05) is 13.8 Å². The summed E-state index contributed by atoms with van der Waals surface area (Å²) < 4.78 is 24.6. The third-order valence-electron chi connectivity index (χ3n) is 2.34. The fraction of sp³-hybridized carbons (Fsp3) is 0.727. The third kappa shape index (κ3) is 3.89. The Morgan fingerprint density at radius 1 is 1.41 bits per heavy atom. The molecule has 1 rings (SSSR count). The second-order valence-electron chi connectivity index (χ2n) is 4.26. The van der Waals surface area contributed by atoms with Crippen LogP contribution >= 0.6 is 11.3 Å². The summed E-state index contributed by atoms with van der Waals surface area (Å²) in [4.78, 5) is 7.09. The maximum absolute atomic E-state index is 12.3. The Balaban J connectivity index is 2.90. The van der Waals surface area contributed by atoms with E-state index in [-0.39, 0.29) is 6.54 Å². The van der Waals surface area contributed by atoms with Crippen LogP contribution in [0.15, 0.2) is 0 Å². The van der Waals surface area contributed by atoms with E-state index >= 15 is 0 Å². The number of thiazole rings is 1. The van der Waals surface area contributed by atoms with Gasteiger partial charge >= 0.3 is 0 Å². The normalized spacial score (nSPS) is 11.5. The molecule has 17 heavy (non-hydrogen) atoms.